The summed E-state index contributed by atoms with van der Waals surface area (Å²) in [5.41, 5.74) is 2.69. The molecule has 2 nitrogen and oxygen atoms in total. The van der Waals surface area contributed by atoms with E-state index in [4.69, 9.17) is 0 Å². The minimum absolute atomic E-state index is 1.01. The van der Waals surface area contributed by atoms with Crippen LogP contribution < -0.4 is 5.32 Å². The molecule has 108 valence electrons. The van der Waals surface area contributed by atoms with Crippen molar-refractivity contribution in [2.24, 2.45) is 7.05 Å². The fourth-order valence-corrected chi connectivity index (χ4v) is 3.75. The number of likely N-dealkylation sites (N-methyl/N-ethyl adjacent to an activating group) is 1. The van der Waals surface area contributed by atoms with E-state index in [0.717, 1.165) is 13.0 Å². The van der Waals surface area contributed by atoms with Crippen molar-refractivity contribution in [3.63, 3.8) is 0 Å². The van der Waals surface area contributed by atoms with Gasteiger partial charge in [-0.15, -0.1) is 0 Å². The van der Waals surface area contributed by atoms with Gasteiger partial charge in [0.1, 0.15) is 0 Å². The molecule has 0 aliphatic carbocycles. The van der Waals surface area contributed by atoms with Gasteiger partial charge in [-0.05, 0) is 37.7 Å². The zero-order valence-electron chi connectivity index (χ0n) is 12.5. The molecule has 0 saturated heterocycles. The van der Waals surface area contributed by atoms with Crippen molar-refractivity contribution in [2.45, 2.75) is 16.2 Å². The minimum atomic E-state index is 1.01. The molecule has 0 unspecified atom stereocenters. The Balaban J connectivity index is 1.95. The first kappa shape index (κ1) is 14.2. The number of benzene rings is 2. The molecule has 0 aliphatic heterocycles. The number of para-hydroxylation sites is 1. The van der Waals surface area contributed by atoms with Gasteiger partial charge in [0.2, 0.25) is 0 Å². The van der Waals surface area contributed by atoms with Gasteiger partial charge in [-0.25, -0.2) is 0 Å². The summed E-state index contributed by atoms with van der Waals surface area (Å²) in [5.74, 6) is 0. The number of hydrogen-bond donors (Lipinski definition) is 1. The van der Waals surface area contributed by atoms with Gasteiger partial charge in [0.15, 0.2) is 0 Å². The third-order valence-electron chi connectivity index (χ3n) is 3.70. The first-order chi connectivity index (χ1) is 10.3. The molecule has 0 fully saturated rings. The minimum Gasteiger partial charge on any atom is -0.349 e. The Morgan fingerprint density at radius 1 is 1.00 bits per heavy atom. The Morgan fingerprint density at radius 2 is 1.76 bits per heavy atom. The van der Waals surface area contributed by atoms with Crippen LogP contribution in [0.15, 0.2) is 64.5 Å². The molecule has 0 amide bonds. The summed E-state index contributed by atoms with van der Waals surface area (Å²) in [7, 11) is 4.11. The zero-order valence-corrected chi connectivity index (χ0v) is 13.3. The molecule has 0 bridgehead atoms. The number of nitrogens with zero attached hydrogens (tertiary/aromatic N) is 1. The number of nitrogens with one attached hydrogen (secondary N) is 1. The van der Waals surface area contributed by atoms with Gasteiger partial charge in [-0.1, -0.05) is 48.2 Å². The second-order valence-corrected chi connectivity index (χ2v) is 6.27. The highest BCUT2D eigenvalue weighted by Crippen LogP contribution is 2.36. The molecule has 1 heterocycles. The molecule has 0 spiro atoms. The van der Waals surface area contributed by atoms with Gasteiger partial charge in [0.05, 0.1) is 0 Å². The largest absolute Gasteiger partial charge is 0.349 e. The predicted molar refractivity (Wildman–Crippen MR) is 91.1 cm³/mol. The molecule has 3 aromatic rings. The molecule has 1 aromatic heterocycles. The van der Waals surface area contributed by atoms with Crippen molar-refractivity contribution in [3.05, 3.63) is 60.3 Å². The van der Waals surface area contributed by atoms with Gasteiger partial charge >= 0.3 is 0 Å². The molecule has 1 N–H and O–H groups in total. The van der Waals surface area contributed by atoms with Crippen molar-refractivity contribution < 1.29 is 0 Å². The van der Waals surface area contributed by atoms with Crippen molar-refractivity contribution in [1.82, 2.24) is 9.88 Å². The highest BCUT2D eigenvalue weighted by atomic mass is 32.2. The van der Waals surface area contributed by atoms with Gasteiger partial charge in [0, 0.05) is 33.9 Å². The second-order valence-electron chi connectivity index (χ2n) is 5.18. The molecule has 0 radical (unpaired) electrons. The maximum atomic E-state index is 3.23. The molecular formula is C18H20N2S. The van der Waals surface area contributed by atoms with Gasteiger partial charge in [-0.2, -0.15) is 0 Å². The SMILES string of the molecule is CNCCc1ccccc1Sc1cn(C)c2ccccc12. The fourth-order valence-electron chi connectivity index (χ4n) is 2.57. The zero-order chi connectivity index (χ0) is 14.7. The van der Waals surface area contributed by atoms with E-state index < -0.39 is 0 Å². The highest BCUT2D eigenvalue weighted by Gasteiger charge is 2.09. The average Bonchev–Trinajstić information content (AvgIpc) is 2.83. The summed E-state index contributed by atoms with van der Waals surface area (Å²) in [4.78, 5) is 2.68. The van der Waals surface area contributed by atoms with Crippen LogP contribution in [0.1, 0.15) is 5.56 Å². The van der Waals surface area contributed by atoms with Gasteiger partial charge in [-0.3, -0.25) is 0 Å². The summed E-state index contributed by atoms with van der Waals surface area (Å²) in [5, 5.41) is 4.55. The fraction of sp³-hybridized carbons (Fsp3) is 0.222. The molecule has 3 heteroatoms. The maximum Gasteiger partial charge on any atom is 0.0489 e. The lowest BCUT2D eigenvalue weighted by atomic mass is 10.1. The monoisotopic (exact) mass is 296 g/mol. The molecule has 0 saturated carbocycles. The van der Waals surface area contributed by atoms with Crippen LogP contribution >= 0.6 is 11.8 Å². The van der Waals surface area contributed by atoms with E-state index in [2.05, 4.69) is 71.7 Å². The number of hydrogen-bond acceptors (Lipinski definition) is 2. The Morgan fingerprint density at radius 3 is 2.62 bits per heavy atom. The van der Waals surface area contributed by atoms with Crippen LogP contribution in [0.3, 0.4) is 0 Å². The van der Waals surface area contributed by atoms with E-state index in [1.54, 1.807) is 0 Å². The van der Waals surface area contributed by atoms with Crippen LogP contribution in [0.25, 0.3) is 10.9 Å². The van der Waals surface area contributed by atoms with Crippen LogP contribution in [-0.4, -0.2) is 18.2 Å². The molecular weight excluding hydrogens is 276 g/mol. The van der Waals surface area contributed by atoms with E-state index in [9.17, 15) is 0 Å². The van der Waals surface area contributed by atoms with E-state index >= 15 is 0 Å². The second kappa shape index (κ2) is 6.37. The standard InChI is InChI=1S/C18H20N2S/c1-19-12-11-14-7-3-6-10-17(14)21-18-13-20(2)16-9-5-4-8-15(16)18/h3-10,13,19H,11-12H2,1-2H3. The van der Waals surface area contributed by atoms with Crippen LogP contribution in [0.2, 0.25) is 0 Å². The third kappa shape index (κ3) is 2.99. The van der Waals surface area contributed by atoms with E-state index in [0.29, 0.717) is 0 Å². The lowest BCUT2D eigenvalue weighted by Crippen LogP contribution is -2.10. The summed E-state index contributed by atoms with van der Waals surface area (Å²) in [6, 6.07) is 17.3. The summed E-state index contributed by atoms with van der Waals surface area (Å²) < 4.78 is 2.20. The lowest BCUT2D eigenvalue weighted by Gasteiger charge is -2.08. The average molecular weight is 296 g/mol. The van der Waals surface area contributed by atoms with Crippen molar-refractivity contribution >= 4 is 22.7 Å². The van der Waals surface area contributed by atoms with Crippen molar-refractivity contribution in [1.29, 1.82) is 0 Å². The van der Waals surface area contributed by atoms with Crippen molar-refractivity contribution in [2.75, 3.05) is 13.6 Å². The molecule has 0 atom stereocenters. The van der Waals surface area contributed by atoms with E-state index in [-0.39, 0.29) is 0 Å². The van der Waals surface area contributed by atoms with Crippen LogP contribution in [0.4, 0.5) is 0 Å². The normalized spacial score (nSPS) is 11.1. The third-order valence-corrected chi connectivity index (χ3v) is 4.86. The Labute approximate surface area is 130 Å². The van der Waals surface area contributed by atoms with Crippen LogP contribution in [-0.2, 0) is 13.5 Å². The predicted octanol–water partition coefficient (Wildman–Crippen LogP) is 4.09. The molecule has 3 rings (SSSR count). The highest BCUT2D eigenvalue weighted by molar-refractivity contribution is 7.99. The number of fused-ring (bicyclic) bond motifs is 1. The topological polar surface area (TPSA) is 17.0 Å². The summed E-state index contributed by atoms with van der Waals surface area (Å²) >= 11 is 1.87. The quantitative estimate of drug-likeness (QED) is 0.763. The van der Waals surface area contributed by atoms with Gasteiger partial charge < -0.3 is 9.88 Å². The van der Waals surface area contributed by atoms with E-state index in [1.165, 1.54) is 26.3 Å². The number of rotatable bonds is 5. The van der Waals surface area contributed by atoms with Crippen molar-refractivity contribution in [3.8, 4) is 0 Å². The molecule has 21 heavy (non-hydrogen) atoms. The van der Waals surface area contributed by atoms with Crippen LogP contribution in [0, 0.1) is 0 Å². The summed E-state index contributed by atoms with van der Waals surface area (Å²) in [6.07, 6.45) is 3.29. The Hall–Kier alpha value is -1.71. The Kier molecular flexibility index (Phi) is 4.32. The maximum absolute atomic E-state index is 3.23. The first-order valence-electron chi connectivity index (χ1n) is 7.24. The number of aryl methyl sites for hydroxylation is 1. The summed E-state index contributed by atoms with van der Waals surface area (Å²) in [6.45, 7) is 1.01. The smallest absolute Gasteiger partial charge is 0.0489 e. The molecule has 0 aliphatic rings. The van der Waals surface area contributed by atoms with E-state index in [1.807, 2.05) is 18.8 Å². The molecule has 2 aromatic carbocycles. The van der Waals surface area contributed by atoms with Crippen LogP contribution in [0.5, 0.6) is 0 Å². The Bertz CT molecular complexity index is 746. The van der Waals surface area contributed by atoms with Gasteiger partial charge in [0.25, 0.3) is 0 Å². The number of aromatic nitrogens is 1. The lowest BCUT2D eigenvalue weighted by molar-refractivity contribution is 0.783. The first-order valence-corrected chi connectivity index (χ1v) is 8.05.